The second-order valence-electron chi connectivity index (χ2n) is 4.00. The van der Waals surface area contributed by atoms with E-state index in [1.807, 2.05) is 30.3 Å². The Bertz CT molecular complexity index is 508. The molecule has 5 heteroatoms. The van der Waals surface area contributed by atoms with Crippen LogP contribution in [0.15, 0.2) is 34.9 Å². The van der Waals surface area contributed by atoms with Gasteiger partial charge in [0.05, 0.1) is 0 Å². The van der Waals surface area contributed by atoms with E-state index in [1.54, 1.807) is 6.92 Å². The van der Waals surface area contributed by atoms with E-state index in [-0.39, 0.29) is 5.91 Å². The first-order valence-electron chi connectivity index (χ1n) is 5.88. The molecule has 0 saturated carbocycles. The quantitative estimate of drug-likeness (QED) is 0.877. The summed E-state index contributed by atoms with van der Waals surface area (Å²) in [5, 5.41) is 6.52. The lowest BCUT2D eigenvalue weighted by Gasteiger charge is -2.03. The lowest BCUT2D eigenvalue weighted by molar-refractivity contribution is -0.116. The van der Waals surface area contributed by atoms with Crippen molar-refractivity contribution in [3.8, 4) is 0 Å². The van der Waals surface area contributed by atoms with Gasteiger partial charge in [0.2, 0.25) is 11.8 Å². The van der Waals surface area contributed by atoms with Crippen LogP contribution in [0.3, 0.4) is 0 Å². The highest BCUT2D eigenvalue weighted by Gasteiger charge is 2.05. The smallest absolute Gasteiger partial charge is 0.226 e. The summed E-state index contributed by atoms with van der Waals surface area (Å²) >= 11 is 0. The van der Waals surface area contributed by atoms with E-state index in [2.05, 4.69) is 15.5 Å². The van der Waals surface area contributed by atoms with Gasteiger partial charge < -0.3 is 9.84 Å². The van der Waals surface area contributed by atoms with E-state index >= 15 is 0 Å². The van der Waals surface area contributed by atoms with Crippen LogP contribution in [0.1, 0.15) is 24.6 Å². The van der Waals surface area contributed by atoms with Crippen LogP contribution in [0.5, 0.6) is 0 Å². The van der Waals surface area contributed by atoms with Crippen LogP contribution in [0.2, 0.25) is 0 Å². The van der Waals surface area contributed by atoms with E-state index in [0.29, 0.717) is 31.0 Å². The highest BCUT2D eigenvalue weighted by Crippen LogP contribution is 2.07. The zero-order valence-electron chi connectivity index (χ0n) is 10.2. The van der Waals surface area contributed by atoms with Gasteiger partial charge in [0.25, 0.3) is 0 Å². The van der Waals surface area contributed by atoms with Crippen molar-refractivity contribution in [2.24, 2.45) is 0 Å². The Morgan fingerprint density at radius 1 is 1.33 bits per heavy atom. The lowest BCUT2D eigenvalue weighted by atomic mass is 10.2. The van der Waals surface area contributed by atoms with Gasteiger partial charge >= 0.3 is 0 Å². The largest absolute Gasteiger partial charge is 0.339 e. The standard InChI is InChI=1S/C13H15N3O2/c1-10-14-13(18-16-10)9-5-8-12(17)15-11-6-3-2-4-7-11/h2-4,6-7H,5,8-9H2,1H3,(H,15,17). The molecule has 1 aromatic carbocycles. The van der Waals surface area contributed by atoms with E-state index in [0.717, 1.165) is 5.69 Å². The molecule has 0 aliphatic carbocycles. The topological polar surface area (TPSA) is 68.0 Å². The van der Waals surface area contributed by atoms with Crippen molar-refractivity contribution in [2.45, 2.75) is 26.2 Å². The number of para-hydroxylation sites is 1. The average Bonchev–Trinajstić information content (AvgIpc) is 2.76. The molecule has 5 nitrogen and oxygen atoms in total. The van der Waals surface area contributed by atoms with Gasteiger partial charge in [0.1, 0.15) is 0 Å². The SMILES string of the molecule is Cc1noc(CCCC(=O)Nc2ccccc2)n1. The molecule has 0 atom stereocenters. The lowest BCUT2D eigenvalue weighted by Crippen LogP contribution is -2.11. The zero-order valence-corrected chi connectivity index (χ0v) is 10.2. The minimum Gasteiger partial charge on any atom is -0.339 e. The van der Waals surface area contributed by atoms with Crippen LogP contribution in [-0.2, 0) is 11.2 Å². The minimum absolute atomic E-state index is 0.00237. The summed E-state index contributed by atoms with van der Waals surface area (Å²) in [6, 6.07) is 9.40. The molecule has 1 N–H and O–H groups in total. The van der Waals surface area contributed by atoms with Crippen LogP contribution in [0.4, 0.5) is 5.69 Å². The van der Waals surface area contributed by atoms with Gasteiger partial charge in [-0.05, 0) is 25.5 Å². The van der Waals surface area contributed by atoms with Gasteiger partial charge in [-0.1, -0.05) is 23.4 Å². The molecule has 1 heterocycles. The number of amides is 1. The molecule has 1 amide bonds. The van der Waals surface area contributed by atoms with Crippen LogP contribution >= 0.6 is 0 Å². The summed E-state index contributed by atoms with van der Waals surface area (Å²) in [6.45, 7) is 1.77. The highest BCUT2D eigenvalue weighted by atomic mass is 16.5. The van der Waals surface area contributed by atoms with Gasteiger partial charge in [0.15, 0.2) is 5.82 Å². The number of hydrogen-bond donors (Lipinski definition) is 1. The number of aromatic nitrogens is 2. The molecule has 0 spiro atoms. The van der Waals surface area contributed by atoms with Crippen molar-refractivity contribution in [2.75, 3.05) is 5.32 Å². The Hall–Kier alpha value is -2.17. The molecular weight excluding hydrogens is 230 g/mol. The van der Waals surface area contributed by atoms with E-state index in [4.69, 9.17) is 4.52 Å². The fraction of sp³-hybridized carbons (Fsp3) is 0.308. The van der Waals surface area contributed by atoms with Crippen molar-refractivity contribution in [1.82, 2.24) is 10.1 Å². The number of nitrogens with zero attached hydrogens (tertiary/aromatic N) is 2. The molecule has 0 aliphatic heterocycles. The van der Waals surface area contributed by atoms with Gasteiger partial charge in [-0.3, -0.25) is 4.79 Å². The Morgan fingerprint density at radius 3 is 2.78 bits per heavy atom. The Labute approximate surface area is 105 Å². The number of aryl methyl sites for hydroxylation is 2. The summed E-state index contributed by atoms with van der Waals surface area (Å²) in [5.41, 5.74) is 0.816. The molecule has 0 saturated heterocycles. The Balaban J connectivity index is 1.72. The normalized spacial score (nSPS) is 10.3. The van der Waals surface area contributed by atoms with Crippen molar-refractivity contribution >= 4 is 11.6 Å². The Kier molecular flexibility index (Phi) is 4.06. The molecule has 94 valence electrons. The zero-order chi connectivity index (χ0) is 12.8. The highest BCUT2D eigenvalue weighted by molar-refractivity contribution is 5.90. The van der Waals surface area contributed by atoms with Gasteiger partial charge in [0, 0.05) is 18.5 Å². The predicted octanol–water partition coefficient (Wildman–Crippen LogP) is 2.34. The second-order valence-corrected chi connectivity index (χ2v) is 4.00. The third-order valence-corrected chi connectivity index (χ3v) is 2.42. The first-order chi connectivity index (χ1) is 8.74. The fourth-order valence-corrected chi connectivity index (χ4v) is 1.59. The van der Waals surface area contributed by atoms with E-state index in [1.165, 1.54) is 0 Å². The molecule has 0 unspecified atom stereocenters. The number of carbonyl (C=O) groups is 1. The number of nitrogens with one attached hydrogen (secondary N) is 1. The van der Waals surface area contributed by atoms with Crippen molar-refractivity contribution in [3.63, 3.8) is 0 Å². The molecule has 0 bridgehead atoms. The van der Waals surface area contributed by atoms with Crippen LogP contribution in [0, 0.1) is 6.92 Å². The molecule has 2 aromatic rings. The van der Waals surface area contributed by atoms with Crippen LogP contribution < -0.4 is 5.32 Å². The molecule has 0 fully saturated rings. The van der Waals surface area contributed by atoms with E-state index in [9.17, 15) is 4.79 Å². The molecule has 18 heavy (non-hydrogen) atoms. The van der Waals surface area contributed by atoms with Gasteiger partial charge in [-0.2, -0.15) is 4.98 Å². The molecule has 1 aromatic heterocycles. The Morgan fingerprint density at radius 2 is 2.11 bits per heavy atom. The maximum atomic E-state index is 11.6. The van der Waals surface area contributed by atoms with Gasteiger partial charge in [-0.15, -0.1) is 0 Å². The third kappa shape index (κ3) is 3.69. The molecular formula is C13H15N3O2. The van der Waals surface area contributed by atoms with Gasteiger partial charge in [-0.25, -0.2) is 0 Å². The predicted molar refractivity (Wildman–Crippen MR) is 67.0 cm³/mol. The van der Waals surface area contributed by atoms with Crippen molar-refractivity contribution in [3.05, 3.63) is 42.0 Å². The molecule has 2 rings (SSSR count). The van der Waals surface area contributed by atoms with Crippen LogP contribution in [-0.4, -0.2) is 16.0 Å². The fourth-order valence-electron chi connectivity index (χ4n) is 1.59. The monoisotopic (exact) mass is 245 g/mol. The van der Waals surface area contributed by atoms with Crippen molar-refractivity contribution in [1.29, 1.82) is 0 Å². The number of hydrogen-bond acceptors (Lipinski definition) is 4. The first kappa shape index (κ1) is 12.3. The van der Waals surface area contributed by atoms with Crippen LogP contribution in [0.25, 0.3) is 0 Å². The van der Waals surface area contributed by atoms with E-state index < -0.39 is 0 Å². The summed E-state index contributed by atoms with van der Waals surface area (Å²) < 4.78 is 4.97. The minimum atomic E-state index is -0.00237. The van der Waals surface area contributed by atoms with Crippen molar-refractivity contribution < 1.29 is 9.32 Å². The number of rotatable bonds is 5. The maximum Gasteiger partial charge on any atom is 0.226 e. The number of benzene rings is 1. The third-order valence-electron chi connectivity index (χ3n) is 2.42. The summed E-state index contributed by atoms with van der Waals surface area (Å²) in [4.78, 5) is 15.7. The maximum absolute atomic E-state index is 11.6. The molecule has 0 radical (unpaired) electrons. The first-order valence-corrected chi connectivity index (χ1v) is 5.88. The summed E-state index contributed by atoms with van der Waals surface area (Å²) in [5.74, 6) is 1.20. The molecule has 0 aliphatic rings. The number of anilines is 1. The average molecular weight is 245 g/mol. The second kappa shape index (κ2) is 5.95. The summed E-state index contributed by atoms with van der Waals surface area (Å²) in [7, 11) is 0. The summed E-state index contributed by atoms with van der Waals surface area (Å²) in [6.07, 6.45) is 1.76. The number of carbonyl (C=O) groups excluding carboxylic acids is 1.